The van der Waals surface area contributed by atoms with Gasteiger partial charge in [-0.25, -0.2) is 0 Å². The molecule has 0 aliphatic heterocycles. The lowest BCUT2D eigenvalue weighted by atomic mass is 9.84. The lowest BCUT2D eigenvalue weighted by Gasteiger charge is -2.35. The second-order valence-electron chi connectivity index (χ2n) is 6.51. The zero-order chi connectivity index (χ0) is 15.2. The molecule has 1 aliphatic rings. The SMILES string of the molecule is CC(C)NCCCN(C)S(=O)(=O)NC1(C)CCCCC1. The quantitative estimate of drug-likeness (QED) is 0.673. The summed E-state index contributed by atoms with van der Waals surface area (Å²) in [4.78, 5) is 0. The fourth-order valence-corrected chi connectivity index (χ4v) is 3.99. The van der Waals surface area contributed by atoms with Crippen molar-refractivity contribution < 1.29 is 8.42 Å². The maximum Gasteiger partial charge on any atom is 0.279 e. The van der Waals surface area contributed by atoms with Crippen molar-refractivity contribution in [3.05, 3.63) is 0 Å². The number of rotatable bonds is 8. The van der Waals surface area contributed by atoms with Gasteiger partial charge in [0.2, 0.25) is 0 Å². The zero-order valence-corrected chi connectivity index (χ0v) is 14.2. The molecule has 2 N–H and O–H groups in total. The van der Waals surface area contributed by atoms with Crippen molar-refractivity contribution >= 4 is 10.2 Å². The molecule has 0 bridgehead atoms. The number of hydrogen-bond acceptors (Lipinski definition) is 3. The third-order valence-electron chi connectivity index (χ3n) is 3.95. The Bertz CT molecular complexity index is 376. The molecule has 1 fully saturated rings. The average Bonchev–Trinajstić information content (AvgIpc) is 2.33. The second kappa shape index (κ2) is 7.73. The topological polar surface area (TPSA) is 61.4 Å². The van der Waals surface area contributed by atoms with E-state index in [0.717, 1.165) is 38.6 Å². The number of nitrogens with one attached hydrogen (secondary N) is 2. The summed E-state index contributed by atoms with van der Waals surface area (Å²) in [6, 6.07) is 0.441. The Balaban J connectivity index is 2.42. The third kappa shape index (κ3) is 6.08. The van der Waals surface area contributed by atoms with Crippen LogP contribution < -0.4 is 10.0 Å². The predicted octanol–water partition coefficient (Wildman–Crippen LogP) is 1.86. The summed E-state index contributed by atoms with van der Waals surface area (Å²) >= 11 is 0. The van der Waals surface area contributed by atoms with Gasteiger partial charge in [0.25, 0.3) is 10.2 Å². The van der Waals surface area contributed by atoms with Crippen LogP contribution in [0.25, 0.3) is 0 Å². The molecule has 0 aromatic heterocycles. The van der Waals surface area contributed by atoms with E-state index in [1.54, 1.807) is 7.05 Å². The first-order valence-corrected chi connectivity index (χ1v) is 9.18. The van der Waals surface area contributed by atoms with Crippen molar-refractivity contribution in [3.8, 4) is 0 Å². The van der Waals surface area contributed by atoms with Crippen LogP contribution in [0.3, 0.4) is 0 Å². The van der Waals surface area contributed by atoms with E-state index >= 15 is 0 Å². The zero-order valence-electron chi connectivity index (χ0n) is 13.4. The molecule has 0 aromatic rings. The summed E-state index contributed by atoms with van der Waals surface area (Å²) in [6.45, 7) is 7.59. The van der Waals surface area contributed by atoms with Crippen LogP contribution in [0.2, 0.25) is 0 Å². The first kappa shape index (κ1) is 17.9. The van der Waals surface area contributed by atoms with Crippen LogP contribution in [0.4, 0.5) is 0 Å². The van der Waals surface area contributed by atoms with Gasteiger partial charge in [0.1, 0.15) is 0 Å². The molecular weight excluding hydrogens is 274 g/mol. The van der Waals surface area contributed by atoms with Crippen molar-refractivity contribution in [1.82, 2.24) is 14.3 Å². The van der Waals surface area contributed by atoms with E-state index in [1.807, 2.05) is 6.92 Å². The van der Waals surface area contributed by atoms with Gasteiger partial charge in [0.05, 0.1) is 0 Å². The van der Waals surface area contributed by atoms with E-state index in [1.165, 1.54) is 10.7 Å². The molecule has 6 heteroatoms. The molecule has 0 saturated heterocycles. The molecule has 0 amide bonds. The summed E-state index contributed by atoms with van der Waals surface area (Å²) < 4.78 is 29.0. The standard InChI is InChI=1S/C14H31N3O2S/c1-13(2)15-11-8-12-17(4)20(18,19)16-14(3)9-6-5-7-10-14/h13,15-16H,5-12H2,1-4H3. The Morgan fingerprint density at radius 3 is 2.35 bits per heavy atom. The maximum atomic E-state index is 12.3. The van der Waals surface area contributed by atoms with Crippen molar-refractivity contribution in [2.75, 3.05) is 20.1 Å². The highest BCUT2D eigenvalue weighted by atomic mass is 32.2. The van der Waals surface area contributed by atoms with Gasteiger partial charge in [-0.3, -0.25) is 0 Å². The first-order chi connectivity index (χ1) is 9.25. The van der Waals surface area contributed by atoms with E-state index in [0.29, 0.717) is 12.6 Å². The van der Waals surface area contributed by atoms with Gasteiger partial charge in [-0.2, -0.15) is 17.4 Å². The van der Waals surface area contributed by atoms with Crippen molar-refractivity contribution in [3.63, 3.8) is 0 Å². The van der Waals surface area contributed by atoms with Crippen LogP contribution in [0, 0.1) is 0 Å². The lowest BCUT2D eigenvalue weighted by molar-refractivity contribution is 0.286. The Morgan fingerprint density at radius 2 is 1.80 bits per heavy atom. The van der Waals surface area contributed by atoms with Gasteiger partial charge in [-0.1, -0.05) is 33.1 Å². The minimum Gasteiger partial charge on any atom is -0.314 e. The molecule has 1 saturated carbocycles. The highest BCUT2D eigenvalue weighted by molar-refractivity contribution is 7.87. The number of nitrogens with zero attached hydrogens (tertiary/aromatic N) is 1. The molecule has 120 valence electrons. The smallest absolute Gasteiger partial charge is 0.279 e. The fraction of sp³-hybridized carbons (Fsp3) is 1.00. The Kier molecular flexibility index (Phi) is 6.91. The second-order valence-corrected chi connectivity index (χ2v) is 8.29. The number of hydrogen-bond donors (Lipinski definition) is 2. The Morgan fingerprint density at radius 1 is 1.20 bits per heavy atom. The van der Waals surface area contributed by atoms with Crippen LogP contribution in [-0.4, -0.2) is 44.4 Å². The van der Waals surface area contributed by atoms with Crippen molar-refractivity contribution in [2.45, 2.75) is 70.9 Å². The minimum atomic E-state index is -3.36. The minimum absolute atomic E-state index is 0.262. The Hall–Kier alpha value is -0.170. The fourth-order valence-electron chi connectivity index (χ4n) is 2.64. The molecule has 0 unspecified atom stereocenters. The van der Waals surface area contributed by atoms with E-state index < -0.39 is 10.2 Å². The van der Waals surface area contributed by atoms with E-state index in [9.17, 15) is 8.42 Å². The normalized spacial score (nSPS) is 19.7. The summed E-state index contributed by atoms with van der Waals surface area (Å²) in [6.07, 6.45) is 6.15. The van der Waals surface area contributed by atoms with Crippen molar-refractivity contribution in [2.24, 2.45) is 0 Å². The third-order valence-corrected chi connectivity index (χ3v) is 5.70. The Labute approximate surface area is 124 Å². The molecule has 1 aliphatic carbocycles. The molecule has 5 nitrogen and oxygen atoms in total. The van der Waals surface area contributed by atoms with Crippen LogP contribution in [0.5, 0.6) is 0 Å². The van der Waals surface area contributed by atoms with Crippen LogP contribution in [0.15, 0.2) is 0 Å². The van der Waals surface area contributed by atoms with Crippen molar-refractivity contribution in [1.29, 1.82) is 0 Å². The van der Waals surface area contributed by atoms with E-state index in [4.69, 9.17) is 0 Å². The molecule has 0 radical (unpaired) electrons. The molecule has 0 aromatic carbocycles. The summed E-state index contributed by atoms with van der Waals surface area (Å²) in [5.41, 5.74) is -0.262. The highest BCUT2D eigenvalue weighted by Gasteiger charge is 2.32. The largest absolute Gasteiger partial charge is 0.314 e. The van der Waals surface area contributed by atoms with Crippen LogP contribution in [0.1, 0.15) is 59.3 Å². The van der Waals surface area contributed by atoms with E-state index in [2.05, 4.69) is 23.9 Å². The molecule has 20 heavy (non-hydrogen) atoms. The molecule has 0 spiro atoms. The van der Waals surface area contributed by atoms with Gasteiger partial charge < -0.3 is 5.32 Å². The van der Waals surface area contributed by atoms with Gasteiger partial charge in [-0.05, 0) is 32.7 Å². The summed E-state index contributed by atoms with van der Waals surface area (Å²) in [5.74, 6) is 0. The maximum absolute atomic E-state index is 12.3. The lowest BCUT2D eigenvalue weighted by Crippen LogP contribution is -2.52. The summed E-state index contributed by atoms with van der Waals surface area (Å²) in [5, 5.41) is 3.30. The summed E-state index contributed by atoms with van der Waals surface area (Å²) in [7, 11) is -1.71. The van der Waals surface area contributed by atoms with Gasteiger partial charge in [0.15, 0.2) is 0 Å². The molecular formula is C14H31N3O2S. The first-order valence-electron chi connectivity index (χ1n) is 7.74. The monoisotopic (exact) mass is 305 g/mol. The van der Waals surface area contributed by atoms with Crippen LogP contribution >= 0.6 is 0 Å². The van der Waals surface area contributed by atoms with Gasteiger partial charge in [0, 0.05) is 25.2 Å². The predicted molar refractivity (Wildman–Crippen MR) is 83.9 cm³/mol. The van der Waals surface area contributed by atoms with Crippen LogP contribution in [-0.2, 0) is 10.2 Å². The van der Waals surface area contributed by atoms with E-state index in [-0.39, 0.29) is 5.54 Å². The average molecular weight is 305 g/mol. The molecule has 0 heterocycles. The molecule has 0 atom stereocenters. The van der Waals surface area contributed by atoms with Gasteiger partial charge in [-0.15, -0.1) is 0 Å². The molecule has 1 rings (SSSR count). The van der Waals surface area contributed by atoms with Gasteiger partial charge >= 0.3 is 0 Å². The highest BCUT2D eigenvalue weighted by Crippen LogP contribution is 2.28.